The van der Waals surface area contributed by atoms with E-state index < -0.39 is 0 Å². The lowest BCUT2D eigenvalue weighted by molar-refractivity contribution is -0.217. The van der Waals surface area contributed by atoms with E-state index in [1.165, 1.54) is 22.3 Å². The molecule has 1 spiro atoms. The minimum atomic E-state index is -0.379. The van der Waals surface area contributed by atoms with E-state index in [1.807, 2.05) is 6.92 Å². The first kappa shape index (κ1) is 30.5. The van der Waals surface area contributed by atoms with Gasteiger partial charge in [-0.3, -0.25) is 0 Å². The normalized spacial score (nSPS) is 23.5. The van der Waals surface area contributed by atoms with Crippen molar-refractivity contribution in [3.63, 3.8) is 0 Å². The molecule has 0 N–H and O–H groups in total. The second-order valence-electron chi connectivity index (χ2n) is 14.3. The van der Waals surface area contributed by atoms with Gasteiger partial charge in [-0.1, -0.05) is 39.8 Å². The summed E-state index contributed by atoms with van der Waals surface area (Å²) in [7, 11) is 0. The van der Waals surface area contributed by atoms with Gasteiger partial charge in [0, 0.05) is 17.3 Å². The highest BCUT2D eigenvalue weighted by Crippen LogP contribution is 2.64. The van der Waals surface area contributed by atoms with Crippen molar-refractivity contribution >= 4 is 5.97 Å². The molecule has 6 rings (SSSR count). The lowest BCUT2D eigenvalue weighted by Gasteiger charge is -2.30. The van der Waals surface area contributed by atoms with Crippen molar-refractivity contribution in [1.82, 2.24) is 0 Å². The number of carbonyl (C=O) groups excluding carboxylic acids is 1. The number of aryl methyl sites for hydroxylation is 2. The molecule has 0 amide bonds. The second kappa shape index (κ2) is 11.8. The Balaban J connectivity index is 1.23. The van der Waals surface area contributed by atoms with Gasteiger partial charge in [0.25, 0.3) is 0 Å². The molecule has 2 saturated heterocycles. The van der Waals surface area contributed by atoms with Gasteiger partial charge in [0.1, 0.15) is 19.0 Å². The topological polar surface area (TPSA) is 81.7 Å². The van der Waals surface area contributed by atoms with Crippen LogP contribution in [0.4, 0.5) is 0 Å². The number of carbonyl (C=O) groups is 1. The molecule has 2 aliphatic heterocycles. The van der Waals surface area contributed by atoms with Crippen LogP contribution in [-0.4, -0.2) is 65.4 Å². The van der Waals surface area contributed by atoms with Gasteiger partial charge in [0.05, 0.1) is 46.2 Å². The van der Waals surface area contributed by atoms with Crippen LogP contribution in [0.2, 0.25) is 0 Å². The van der Waals surface area contributed by atoms with Crippen LogP contribution in [0.25, 0.3) is 0 Å². The maximum atomic E-state index is 12.8. The van der Waals surface area contributed by atoms with Crippen molar-refractivity contribution in [2.24, 2.45) is 11.8 Å². The first-order valence-corrected chi connectivity index (χ1v) is 15.6. The van der Waals surface area contributed by atoms with Crippen molar-refractivity contribution in [2.75, 3.05) is 59.5 Å². The zero-order valence-corrected chi connectivity index (χ0v) is 26.5. The van der Waals surface area contributed by atoms with Gasteiger partial charge in [0.15, 0.2) is 5.75 Å². The summed E-state index contributed by atoms with van der Waals surface area (Å²) in [4.78, 5) is 24.3. The number of ether oxygens (including phenoxy) is 5. The number of hydrogen-bond donors (Lipinski definition) is 0. The van der Waals surface area contributed by atoms with Crippen LogP contribution in [-0.2, 0) is 44.9 Å². The summed E-state index contributed by atoms with van der Waals surface area (Å²) in [5.74, 6) is 1.80. The molecule has 8 heteroatoms. The van der Waals surface area contributed by atoms with E-state index in [0.717, 1.165) is 42.9 Å². The molecule has 0 bridgehead atoms. The van der Waals surface area contributed by atoms with Crippen molar-refractivity contribution in [2.45, 2.75) is 70.6 Å². The minimum absolute atomic E-state index is 0.0446. The number of esters is 1. The molecule has 2 aromatic rings. The minimum Gasteiger partial charge on any atom is -0.425 e. The standard InChI is InChI=1S/C35H46O8/c1-22-9-26-28(11-30(22)42-32(36)19-40-18-25-16-39-17-25)35(20-33(26,3)4)21-34(5,6)27-10-23(2)31(12-29(27)35)43-41-8-7-37-13-24-14-38-15-24/h9-12,24-25H,7-8,13-21H2,1-6H3. The average Bonchev–Trinajstić information content (AvgIpc) is 3.23. The Morgan fingerprint density at radius 2 is 1.28 bits per heavy atom. The number of rotatable bonds is 12. The molecular weight excluding hydrogens is 548 g/mol. The lowest BCUT2D eigenvalue weighted by Crippen LogP contribution is -2.32. The van der Waals surface area contributed by atoms with Crippen LogP contribution in [0, 0.1) is 25.7 Å². The fourth-order valence-electron chi connectivity index (χ4n) is 7.45. The molecule has 0 aromatic heterocycles. The Morgan fingerprint density at radius 1 is 0.744 bits per heavy atom. The Bertz CT molecular complexity index is 1350. The Kier molecular flexibility index (Phi) is 8.37. The third kappa shape index (κ3) is 5.97. The second-order valence-corrected chi connectivity index (χ2v) is 14.3. The number of hydrogen-bond acceptors (Lipinski definition) is 8. The quantitative estimate of drug-likeness (QED) is 0.105. The zero-order chi connectivity index (χ0) is 30.4. The highest BCUT2D eigenvalue weighted by Gasteiger charge is 2.56. The molecule has 4 aliphatic rings. The highest BCUT2D eigenvalue weighted by molar-refractivity contribution is 5.75. The monoisotopic (exact) mass is 594 g/mol. The van der Waals surface area contributed by atoms with Crippen molar-refractivity contribution in [3.05, 3.63) is 57.6 Å². The molecule has 2 heterocycles. The van der Waals surface area contributed by atoms with Crippen LogP contribution in [0.15, 0.2) is 24.3 Å². The van der Waals surface area contributed by atoms with Crippen molar-refractivity contribution in [3.8, 4) is 11.5 Å². The lowest BCUT2D eigenvalue weighted by atomic mass is 9.72. The number of benzene rings is 2. The molecule has 8 nitrogen and oxygen atoms in total. The zero-order valence-electron chi connectivity index (χ0n) is 26.5. The van der Waals surface area contributed by atoms with E-state index in [9.17, 15) is 4.79 Å². The van der Waals surface area contributed by atoms with Gasteiger partial charge in [0.2, 0.25) is 0 Å². The van der Waals surface area contributed by atoms with E-state index in [0.29, 0.717) is 57.2 Å². The van der Waals surface area contributed by atoms with E-state index >= 15 is 0 Å². The first-order chi connectivity index (χ1) is 20.5. The van der Waals surface area contributed by atoms with Crippen LogP contribution in [0.5, 0.6) is 11.5 Å². The van der Waals surface area contributed by atoms with Crippen LogP contribution < -0.4 is 9.62 Å². The van der Waals surface area contributed by atoms with E-state index in [-0.39, 0.29) is 28.8 Å². The molecule has 0 saturated carbocycles. The van der Waals surface area contributed by atoms with E-state index in [2.05, 4.69) is 58.9 Å². The fraction of sp³-hybridized carbons (Fsp3) is 0.629. The third-order valence-corrected chi connectivity index (χ3v) is 9.63. The van der Waals surface area contributed by atoms with Crippen LogP contribution in [0.3, 0.4) is 0 Å². The van der Waals surface area contributed by atoms with Crippen molar-refractivity contribution in [1.29, 1.82) is 0 Å². The molecule has 1 atom stereocenters. The summed E-state index contributed by atoms with van der Waals surface area (Å²) in [6, 6.07) is 8.78. The molecule has 43 heavy (non-hydrogen) atoms. The summed E-state index contributed by atoms with van der Waals surface area (Å²) in [5, 5.41) is 0. The van der Waals surface area contributed by atoms with Gasteiger partial charge in [-0.05, 0) is 83.0 Å². The largest absolute Gasteiger partial charge is 0.425 e. The van der Waals surface area contributed by atoms with Gasteiger partial charge in [-0.25, -0.2) is 4.79 Å². The summed E-state index contributed by atoms with van der Waals surface area (Å²) >= 11 is 0. The first-order valence-electron chi connectivity index (χ1n) is 15.6. The van der Waals surface area contributed by atoms with Gasteiger partial charge in [-0.2, -0.15) is 4.89 Å². The summed E-state index contributed by atoms with van der Waals surface area (Å²) < 4.78 is 27.6. The molecule has 234 valence electrons. The van der Waals surface area contributed by atoms with Crippen molar-refractivity contribution < 1.29 is 38.3 Å². The Hall–Kier alpha value is -2.49. The summed E-state index contributed by atoms with van der Waals surface area (Å²) in [5.41, 5.74) is 6.79. The van der Waals surface area contributed by atoms with E-state index in [4.69, 9.17) is 33.5 Å². The molecular formula is C35H46O8. The van der Waals surface area contributed by atoms with Gasteiger partial charge >= 0.3 is 5.97 Å². The predicted molar refractivity (Wildman–Crippen MR) is 161 cm³/mol. The molecule has 2 fully saturated rings. The van der Waals surface area contributed by atoms with Gasteiger partial charge in [-0.15, -0.1) is 0 Å². The van der Waals surface area contributed by atoms with Crippen LogP contribution >= 0.6 is 0 Å². The molecule has 2 aliphatic carbocycles. The molecule has 1 unspecified atom stereocenters. The highest BCUT2D eigenvalue weighted by atomic mass is 17.2. The Labute approximate surface area is 255 Å². The fourth-order valence-corrected chi connectivity index (χ4v) is 7.45. The number of fused-ring (bicyclic) bond motifs is 4. The van der Waals surface area contributed by atoms with Crippen LogP contribution in [0.1, 0.15) is 73.9 Å². The maximum Gasteiger partial charge on any atom is 0.337 e. The average molecular weight is 595 g/mol. The Morgan fingerprint density at radius 3 is 1.84 bits per heavy atom. The summed E-state index contributed by atoms with van der Waals surface area (Å²) in [6.45, 7) is 18.3. The smallest absolute Gasteiger partial charge is 0.337 e. The third-order valence-electron chi connectivity index (χ3n) is 9.63. The van der Waals surface area contributed by atoms with Gasteiger partial charge < -0.3 is 28.6 Å². The van der Waals surface area contributed by atoms with E-state index in [1.54, 1.807) is 0 Å². The SMILES string of the molecule is Cc1cc2c(cc1OOCCOCC1COC1)C1(CC2(C)C)CC(C)(C)c2cc(C)c(OC(=O)COCC3COC3)cc21. The predicted octanol–water partition coefficient (Wildman–Crippen LogP) is 5.49. The molecule has 2 aromatic carbocycles. The summed E-state index contributed by atoms with van der Waals surface area (Å²) in [6.07, 6.45) is 1.91. The molecule has 0 radical (unpaired) electrons. The maximum absolute atomic E-state index is 12.8.